The Balaban J connectivity index is 2.11. The van der Waals surface area contributed by atoms with E-state index in [1.807, 2.05) is 0 Å². The minimum absolute atomic E-state index is 0.119. The summed E-state index contributed by atoms with van der Waals surface area (Å²) in [5, 5.41) is 9.71. The van der Waals surface area contributed by atoms with Crippen molar-refractivity contribution < 1.29 is 19.4 Å². The molecule has 4 nitrogen and oxygen atoms in total. The maximum atomic E-state index is 10.6. The lowest BCUT2D eigenvalue weighted by Crippen LogP contribution is -2.25. The molecule has 0 aliphatic carbocycles. The molecule has 4 heteroatoms. The van der Waals surface area contributed by atoms with Gasteiger partial charge in [0, 0.05) is 6.42 Å². The Morgan fingerprint density at radius 1 is 1.44 bits per heavy atom. The zero-order chi connectivity index (χ0) is 11.4. The summed E-state index contributed by atoms with van der Waals surface area (Å²) in [5.74, 6) is 0.183. The zero-order valence-electron chi connectivity index (χ0n) is 8.89. The number of phenols is 1. The molecule has 1 aliphatic heterocycles. The topological polar surface area (TPSA) is 55.8 Å². The van der Waals surface area contributed by atoms with Crippen molar-refractivity contribution in [3.8, 4) is 11.5 Å². The van der Waals surface area contributed by atoms with E-state index in [1.54, 1.807) is 12.1 Å². The van der Waals surface area contributed by atoms with Gasteiger partial charge in [-0.15, -0.1) is 0 Å². The highest BCUT2D eigenvalue weighted by atomic mass is 16.7. The smallest absolute Gasteiger partial charge is 0.200 e. The van der Waals surface area contributed by atoms with Gasteiger partial charge in [0.05, 0.1) is 12.2 Å². The summed E-state index contributed by atoms with van der Waals surface area (Å²) >= 11 is 0. The number of benzene rings is 1. The molecule has 0 amide bonds. The van der Waals surface area contributed by atoms with Crippen molar-refractivity contribution in [2.75, 3.05) is 6.61 Å². The Kier molecular flexibility index (Phi) is 3.41. The number of carbonyl (C=O) groups excluding carboxylic acids is 1. The molecular weight excluding hydrogens is 208 g/mol. The largest absolute Gasteiger partial charge is 0.504 e. The third-order valence-electron chi connectivity index (χ3n) is 2.55. The van der Waals surface area contributed by atoms with Crippen LogP contribution in [0.5, 0.6) is 11.5 Å². The van der Waals surface area contributed by atoms with Crippen LogP contribution in [0, 0.1) is 0 Å². The second kappa shape index (κ2) is 4.99. The van der Waals surface area contributed by atoms with Gasteiger partial charge < -0.3 is 14.6 Å². The van der Waals surface area contributed by atoms with Crippen LogP contribution in [0.15, 0.2) is 18.2 Å². The summed E-state index contributed by atoms with van der Waals surface area (Å²) in [5.41, 5.74) is 0.230. The molecule has 1 N–H and O–H groups in total. The Morgan fingerprint density at radius 3 is 3.00 bits per heavy atom. The lowest BCUT2D eigenvalue weighted by atomic mass is 10.2. The minimum Gasteiger partial charge on any atom is -0.504 e. The van der Waals surface area contributed by atoms with Crippen LogP contribution < -0.4 is 4.74 Å². The van der Waals surface area contributed by atoms with Gasteiger partial charge in [-0.25, -0.2) is 0 Å². The summed E-state index contributed by atoms with van der Waals surface area (Å²) in [4.78, 5) is 10.6. The molecule has 0 bridgehead atoms. The molecular formula is C12H14O4. The Bertz CT molecular complexity index is 369. The molecule has 1 aliphatic rings. The molecule has 0 saturated carbocycles. The van der Waals surface area contributed by atoms with Gasteiger partial charge >= 0.3 is 0 Å². The number of hydrogen-bond acceptors (Lipinski definition) is 4. The first-order valence-electron chi connectivity index (χ1n) is 5.36. The average molecular weight is 222 g/mol. The first-order valence-corrected chi connectivity index (χ1v) is 5.36. The zero-order valence-corrected chi connectivity index (χ0v) is 8.89. The van der Waals surface area contributed by atoms with Crippen LogP contribution in [-0.2, 0) is 4.74 Å². The number of aldehydes is 1. The van der Waals surface area contributed by atoms with Crippen molar-refractivity contribution in [3.63, 3.8) is 0 Å². The SMILES string of the molecule is O=Cc1cccc(OC2CCCCO2)c1O. The molecule has 0 spiro atoms. The normalized spacial score (nSPS) is 20.4. The predicted molar refractivity (Wildman–Crippen MR) is 57.7 cm³/mol. The van der Waals surface area contributed by atoms with Gasteiger partial charge in [-0.05, 0) is 25.0 Å². The first kappa shape index (κ1) is 11.0. The third-order valence-corrected chi connectivity index (χ3v) is 2.55. The molecule has 1 heterocycles. The van der Waals surface area contributed by atoms with Gasteiger partial charge in [0.15, 0.2) is 24.1 Å². The molecule has 1 unspecified atom stereocenters. The fourth-order valence-electron chi connectivity index (χ4n) is 1.68. The number of rotatable bonds is 3. The molecule has 2 rings (SSSR count). The van der Waals surface area contributed by atoms with Crippen molar-refractivity contribution in [2.24, 2.45) is 0 Å². The monoisotopic (exact) mass is 222 g/mol. The molecule has 0 radical (unpaired) electrons. The van der Waals surface area contributed by atoms with Gasteiger partial charge in [0.25, 0.3) is 0 Å². The maximum Gasteiger partial charge on any atom is 0.200 e. The lowest BCUT2D eigenvalue weighted by Gasteiger charge is -2.23. The number of ether oxygens (including phenoxy) is 2. The van der Waals surface area contributed by atoms with Gasteiger partial charge in [0.2, 0.25) is 0 Å². The molecule has 1 atom stereocenters. The first-order chi connectivity index (χ1) is 7.81. The molecule has 1 fully saturated rings. The molecule has 0 aromatic heterocycles. The van der Waals surface area contributed by atoms with Crippen molar-refractivity contribution in [3.05, 3.63) is 23.8 Å². The van der Waals surface area contributed by atoms with E-state index in [2.05, 4.69) is 0 Å². The second-order valence-corrected chi connectivity index (χ2v) is 3.73. The Labute approximate surface area is 93.8 Å². The average Bonchev–Trinajstić information content (AvgIpc) is 2.33. The number of aromatic hydroxyl groups is 1. The highest BCUT2D eigenvalue weighted by Crippen LogP contribution is 2.30. The fourth-order valence-corrected chi connectivity index (χ4v) is 1.68. The number of para-hydroxylation sites is 1. The van der Waals surface area contributed by atoms with Gasteiger partial charge in [-0.2, -0.15) is 0 Å². The third kappa shape index (κ3) is 2.33. The van der Waals surface area contributed by atoms with E-state index in [0.29, 0.717) is 18.6 Å². The number of hydrogen-bond donors (Lipinski definition) is 1. The molecule has 1 aromatic rings. The minimum atomic E-state index is -0.318. The summed E-state index contributed by atoms with van der Waals surface area (Å²) in [7, 11) is 0. The van der Waals surface area contributed by atoms with E-state index >= 15 is 0 Å². The highest BCUT2D eigenvalue weighted by molar-refractivity contribution is 5.80. The van der Waals surface area contributed by atoms with E-state index in [1.165, 1.54) is 6.07 Å². The Hall–Kier alpha value is -1.55. The summed E-state index contributed by atoms with van der Waals surface area (Å²) in [6.07, 6.45) is 3.19. The summed E-state index contributed by atoms with van der Waals surface area (Å²) in [6.45, 7) is 0.679. The van der Waals surface area contributed by atoms with E-state index in [4.69, 9.17) is 9.47 Å². The lowest BCUT2D eigenvalue weighted by molar-refractivity contribution is -0.106. The fraction of sp³-hybridized carbons (Fsp3) is 0.417. The second-order valence-electron chi connectivity index (χ2n) is 3.73. The molecule has 16 heavy (non-hydrogen) atoms. The summed E-state index contributed by atoms with van der Waals surface area (Å²) in [6, 6.07) is 4.83. The number of phenolic OH excluding ortho intramolecular Hbond substituents is 1. The van der Waals surface area contributed by atoms with Crippen molar-refractivity contribution in [2.45, 2.75) is 25.6 Å². The van der Waals surface area contributed by atoms with Crippen molar-refractivity contribution in [1.82, 2.24) is 0 Å². The predicted octanol–water partition coefficient (Wildman–Crippen LogP) is 2.11. The van der Waals surface area contributed by atoms with E-state index < -0.39 is 0 Å². The van der Waals surface area contributed by atoms with E-state index in [9.17, 15) is 9.90 Å². The molecule has 86 valence electrons. The van der Waals surface area contributed by atoms with Crippen molar-refractivity contribution >= 4 is 6.29 Å². The van der Waals surface area contributed by atoms with Crippen LogP contribution in [0.3, 0.4) is 0 Å². The van der Waals surface area contributed by atoms with Gasteiger partial charge in [-0.3, -0.25) is 4.79 Å². The van der Waals surface area contributed by atoms with Crippen LogP contribution in [0.25, 0.3) is 0 Å². The van der Waals surface area contributed by atoms with Gasteiger partial charge in [-0.1, -0.05) is 6.07 Å². The number of carbonyl (C=O) groups is 1. The maximum absolute atomic E-state index is 10.6. The van der Waals surface area contributed by atoms with E-state index in [0.717, 1.165) is 19.3 Å². The molecule has 1 saturated heterocycles. The van der Waals surface area contributed by atoms with Crippen LogP contribution in [0.2, 0.25) is 0 Å². The quantitative estimate of drug-likeness (QED) is 0.796. The van der Waals surface area contributed by atoms with Crippen LogP contribution in [0.1, 0.15) is 29.6 Å². The van der Waals surface area contributed by atoms with E-state index in [-0.39, 0.29) is 17.6 Å². The Morgan fingerprint density at radius 2 is 2.31 bits per heavy atom. The standard InChI is InChI=1S/C12H14O4/c13-8-9-4-3-5-10(12(9)14)16-11-6-1-2-7-15-11/h3-5,8,11,14H,1-2,6-7H2. The highest BCUT2D eigenvalue weighted by Gasteiger charge is 2.17. The van der Waals surface area contributed by atoms with Crippen LogP contribution in [-0.4, -0.2) is 24.3 Å². The van der Waals surface area contributed by atoms with Crippen LogP contribution in [0.4, 0.5) is 0 Å². The van der Waals surface area contributed by atoms with Crippen LogP contribution >= 0.6 is 0 Å². The van der Waals surface area contributed by atoms with Gasteiger partial charge in [0.1, 0.15) is 0 Å². The van der Waals surface area contributed by atoms with Crippen molar-refractivity contribution in [1.29, 1.82) is 0 Å². The molecule has 1 aromatic carbocycles. The summed E-state index contributed by atoms with van der Waals surface area (Å²) < 4.78 is 10.9.